The molecule has 0 amide bonds. The zero-order valence-electron chi connectivity index (χ0n) is 16.2. The van der Waals surface area contributed by atoms with Gasteiger partial charge in [0.1, 0.15) is 5.75 Å². The van der Waals surface area contributed by atoms with E-state index in [1.54, 1.807) is 7.11 Å². The van der Waals surface area contributed by atoms with Gasteiger partial charge >= 0.3 is 0 Å². The van der Waals surface area contributed by atoms with E-state index in [0.29, 0.717) is 0 Å². The molecule has 4 heteroatoms. The van der Waals surface area contributed by atoms with E-state index < -0.39 is 0 Å². The van der Waals surface area contributed by atoms with Crippen molar-refractivity contribution < 1.29 is 4.74 Å². The number of anilines is 2. The number of hydrogen-bond acceptors (Lipinski definition) is 4. The number of hydrogen-bond donors (Lipinski definition) is 0. The molecular formula is C22H30N2OS. The summed E-state index contributed by atoms with van der Waals surface area (Å²) in [6.45, 7) is 9.15. The molecule has 3 nitrogen and oxygen atoms in total. The third-order valence-electron chi connectivity index (χ3n) is 4.77. The van der Waals surface area contributed by atoms with Crippen molar-refractivity contribution in [3.63, 3.8) is 0 Å². The van der Waals surface area contributed by atoms with Gasteiger partial charge in [-0.05, 0) is 69.2 Å². The van der Waals surface area contributed by atoms with E-state index in [-0.39, 0.29) is 0 Å². The summed E-state index contributed by atoms with van der Waals surface area (Å²) in [7, 11) is 1.73. The summed E-state index contributed by atoms with van der Waals surface area (Å²) in [6, 6.07) is 15.2. The Hall–Kier alpha value is -1.65. The van der Waals surface area contributed by atoms with Crippen LogP contribution in [0.1, 0.15) is 33.1 Å². The SMILES string of the molecule is CCCN(CCC)CCCN1c2ccccc2Sc2cc(OC)ccc21. The van der Waals surface area contributed by atoms with Gasteiger partial charge in [-0.1, -0.05) is 37.7 Å². The van der Waals surface area contributed by atoms with Crippen LogP contribution in [0.4, 0.5) is 11.4 Å². The van der Waals surface area contributed by atoms with Crippen LogP contribution in [0.3, 0.4) is 0 Å². The average molecular weight is 371 g/mol. The lowest BCUT2D eigenvalue weighted by Gasteiger charge is -2.33. The predicted octanol–water partition coefficient (Wildman–Crippen LogP) is 5.81. The predicted molar refractivity (Wildman–Crippen MR) is 112 cm³/mol. The Labute approximate surface area is 162 Å². The van der Waals surface area contributed by atoms with E-state index >= 15 is 0 Å². The van der Waals surface area contributed by atoms with Gasteiger partial charge in [0.25, 0.3) is 0 Å². The van der Waals surface area contributed by atoms with Gasteiger partial charge in [0.2, 0.25) is 0 Å². The molecule has 1 aliphatic heterocycles. The van der Waals surface area contributed by atoms with Gasteiger partial charge in [0.15, 0.2) is 0 Å². The number of benzene rings is 2. The summed E-state index contributed by atoms with van der Waals surface area (Å²) in [5.41, 5.74) is 2.62. The molecule has 0 N–H and O–H groups in total. The van der Waals surface area contributed by atoms with Crippen molar-refractivity contribution in [3.05, 3.63) is 42.5 Å². The first-order valence-electron chi connectivity index (χ1n) is 9.71. The van der Waals surface area contributed by atoms with Crippen LogP contribution in [0.25, 0.3) is 0 Å². The third-order valence-corrected chi connectivity index (χ3v) is 5.88. The van der Waals surface area contributed by atoms with Gasteiger partial charge in [-0.3, -0.25) is 0 Å². The quantitative estimate of drug-likeness (QED) is 0.553. The van der Waals surface area contributed by atoms with Crippen molar-refractivity contribution in [1.29, 1.82) is 0 Å². The summed E-state index contributed by atoms with van der Waals surface area (Å²) in [4.78, 5) is 7.69. The van der Waals surface area contributed by atoms with Gasteiger partial charge in [0.05, 0.1) is 18.5 Å². The molecule has 0 atom stereocenters. The number of ether oxygens (including phenoxy) is 1. The average Bonchev–Trinajstić information content (AvgIpc) is 2.67. The first kappa shape index (κ1) is 19.1. The van der Waals surface area contributed by atoms with E-state index in [1.165, 1.54) is 60.1 Å². The fourth-order valence-corrected chi connectivity index (χ4v) is 4.73. The molecule has 26 heavy (non-hydrogen) atoms. The Morgan fingerprint density at radius 1 is 0.923 bits per heavy atom. The van der Waals surface area contributed by atoms with Crippen molar-refractivity contribution in [2.75, 3.05) is 38.2 Å². The standard InChI is InChI=1S/C22H30N2OS/c1-4-13-23(14-5-2)15-8-16-24-19-9-6-7-10-21(19)26-22-17-18(25-3)11-12-20(22)24/h6-7,9-12,17H,4-5,8,13-16H2,1-3H3. The first-order chi connectivity index (χ1) is 12.8. The second-order valence-corrected chi connectivity index (χ2v) is 7.83. The van der Waals surface area contributed by atoms with Crippen LogP contribution in [0.5, 0.6) is 5.75 Å². The Morgan fingerprint density at radius 2 is 1.65 bits per heavy atom. The Balaban J connectivity index is 1.78. The zero-order chi connectivity index (χ0) is 18.4. The molecule has 0 aromatic heterocycles. The number of para-hydroxylation sites is 1. The van der Waals surface area contributed by atoms with Gasteiger partial charge in [-0.25, -0.2) is 0 Å². The van der Waals surface area contributed by atoms with Crippen molar-refractivity contribution >= 4 is 23.1 Å². The maximum Gasteiger partial charge on any atom is 0.120 e. The summed E-state index contributed by atoms with van der Waals surface area (Å²) in [5, 5.41) is 0. The van der Waals surface area contributed by atoms with Crippen LogP contribution in [-0.2, 0) is 0 Å². The minimum atomic E-state index is 0.924. The highest BCUT2D eigenvalue weighted by molar-refractivity contribution is 7.99. The second-order valence-electron chi connectivity index (χ2n) is 6.75. The summed E-state index contributed by atoms with van der Waals surface area (Å²) >= 11 is 1.84. The molecular weight excluding hydrogens is 340 g/mol. The smallest absolute Gasteiger partial charge is 0.120 e. The highest BCUT2D eigenvalue weighted by atomic mass is 32.2. The van der Waals surface area contributed by atoms with Gasteiger partial charge in [-0.15, -0.1) is 0 Å². The Bertz CT molecular complexity index is 713. The third kappa shape index (κ3) is 4.36. The lowest BCUT2D eigenvalue weighted by molar-refractivity contribution is 0.273. The van der Waals surface area contributed by atoms with Crippen LogP contribution in [0, 0.1) is 0 Å². The van der Waals surface area contributed by atoms with E-state index in [0.717, 1.165) is 12.3 Å². The number of rotatable bonds is 9. The number of nitrogens with zero attached hydrogens (tertiary/aromatic N) is 2. The van der Waals surface area contributed by atoms with Crippen LogP contribution in [0.15, 0.2) is 52.3 Å². The van der Waals surface area contributed by atoms with Crippen molar-refractivity contribution in [3.8, 4) is 5.75 Å². The Kier molecular flexibility index (Phi) is 6.86. The summed E-state index contributed by atoms with van der Waals surface area (Å²) in [5.74, 6) is 0.924. The number of fused-ring (bicyclic) bond motifs is 2. The molecule has 0 radical (unpaired) electrons. The highest BCUT2D eigenvalue weighted by Gasteiger charge is 2.23. The molecule has 0 spiro atoms. The van der Waals surface area contributed by atoms with Crippen molar-refractivity contribution in [2.45, 2.75) is 42.9 Å². The largest absolute Gasteiger partial charge is 0.497 e. The maximum atomic E-state index is 5.43. The maximum absolute atomic E-state index is 5.43. The van der Waals surface area contributed by atoms with Crippen LogP contribution < -0.4 is 9.64 Å². The molecule has 140 valence electrons. The van der Waals surface area contributed by atoms with E-state index in [2.05, 4.69) is 66.1 Å². The highest BCUT2D eigenvalue weighted by Crippen LogP contribution is 2.48. The molecule has 2 aromatic carbocycles. The van der Waals surface area contributed by atoms with Crippen LogP contribution >= 0.6 is 11.8 Å². The molecule has 0 saturated heterocycles. The zero-order valence-corrected chi connectivity index (χ0v) is 17.0. The minimum Gasteiger partial charge on any atom is -0.497 e. The molecule has 0 unspecified atom stereocenters. The summed E-state index contributed by atoms with van der Waals surface area (Å²) in [6.07, 6.45) is 3.63. The molecule has 2 aromatic rings. The summed E-state index contributed by atoms with van der Waals surface area (Å²) < 4.78 is 5.43. The second kappa shape index (κ2) is 9.33. The van der Waals surface area contributed by atoms with Crippen molar-refractivity contribution in [1.82, 2.24) is 4.90 Å². The van der Waals surface area contributed by atoms with E-state index in [1.807, 2.05) is 11.8 Å². The fourth-order valence-electron chi connectivity index (χ4n) is 3.60. The lowest BCUT2D eigenvalue weighted by Crippen LogP contribution is -2.30. The normalized spacial score (nSPS) is 12.8. The van der Waals surface area contributed by atoms with Crippen LogP contribution in [0.2, 0.25) is 0 Å². The van der Waals surface area contributed by atoms with Crippen molar-refractivity contribution in [2.24, 2.45) is 0 Å². The van der Waals surface area contributed by atoms with E-state index in [9.17, 15) is 0 Å². The molecule has 3 rings (SSSR count). The molecule has 1 aliphatic rings. The number of methoxy groups -OCH3 is 1. The monoisotopic (exact) mass is 370 g/mol. The van der Waals surface area contributed by atoms with Gasteiger partial charge in [-0.2, -0.15) is 0 Å². The van der Waals surface area contributed by atoms with Gasteiger partial charge in [0, 0.05) is 16.3 Å². The van der Waals surface area contributed by atoms with Gasteiger partial charge < -0.3 is 14.5 Å². The molecule has 0 bridgehead atoms. The Morgan fingerprint density at radius 3 is 2.38 bits per heavy atom. The molecule has 0 fully saturated rings. The molecule has 1 heterocycles. The minimum absolute atomic E-state index is 0.924. The topological polar surface area (TPSA) is 15.7 Å². The van der Waals surface area contributed by atoms with E-state index in [4.69, 9.17) is 4.74 Å². The first-order valence-corrected chi connectivity index (χ1v) is 10.5. The van der Waals surface area contributed by atoms with Crippen LogP contribution in [-0.4, -0.2) is 38.2 Å². The lowest BCUT2D eigenvalue weighted by atomic mass is 10.2. The fraction of sp³-hybridized carbons (Fsp3) is 0.455. The molecule has 0 aliphatic carbocycles. The molecule has 0 saturated carbocycles.